The normalized spacial score (nSPS) is 17.4. The van der Waals surface area contributed by atoms with E-state index in [9.17, 15) is 0 Å². The summed E-state index contributed by atoms with van der Waals surface area (Å²) in [6.07, 6.45) is 4.37. The second-order valence-electron chi connectivity index (χ2n) is 4.45. The average Bonchev–Trinajstić information content (AvgIpc) is 2.41. The largest absolute Gasteiger partial charge is 0.354 e. The summed E-state index contributed by atoms with van der Waals surface area (Å²) in [5.41, 5.74) is 0. The highest BCUT2D eigenvalue weighted by Gasteiger charge is 2.16. The summed E-state index contributed by atoms with van der Waals surface area (Å²) >= 11 is 4.25. The molecule has 1 fully saturated rings. The predicted molar refractivity (Wildman–Crippen MR) is 76.0 cm³/mol. The van der Waals surface area contributed by atoms with E-state index in [-0.39, 0.29) is 0 Å². The van der Waals surface area contributed by atoms with Gasteiger partial charge in [0.05, 0.1) is 0 Å². The third-order valence-electron chi connectivity index (χ3n) is 3.23. The molecular weight excluding hydrogens is 230 g/mol. The second kappa shape index (κ2) is 6.87. The molecule has 1 aromatic heterocycles. The zero-order valence-electron chi connectivity index (χ0n) is 10.3. The molecule has 0 radical (unpaired) electrons. The quantitative estimate of drug-likeness (QED) is 0.637. The molecule has 0 unspecified atom stereocenters. The Balaban J connectivity index is 1.74. The Morgan fingerprint density at radius 1 is 1.12 bits per heavy atom. The zero-order valence-corrected chi connectivity index (χ0v) is 11.1. The van der Waals surface area contributed by atoms with Gasteiger partial charge in [0.15, 0.2) is 0 Å². The molecule has 4 heteroatoms. The molecule has 0 amide bonds. The van der Waals surface area contributed by atoms with E-state index in [4.69, 9.17) is 0 Å². The Morgan fingerprint density at radius 2 is 1.94 bits per heavy atom. The van der Waals surface area contributed by atoms with Gasteiger partial charge >= 0.3 is 0 Å². The number of unbranched alkanes of at least 4 members (excludes halogenated alkanes) is 1. The van der Waals surface area contributed by atoms with Crippen molar-refractivity contribution in [2.24, 2.45) is 0 Å². The van der Waals surface area contributed by atoms with E-state index in [1.807, 2.05) is 12.3 Å². The first-order chi connectivity index (χ1) is 8.40. The van der Waals surface area contributed by atoms with Crippen molar-refractivity contribution in [1.29, 1.82) is 0 Å². The minimum atomic E-state index is 1.01. The van der Waals surface area contributed by atoms with E-state index >= 15 is 0 Å². The molecule has 2 rings (SSSR count). The number of hydrogen-bond donors (Lipinski definition) is 1. The standard InChI is InChI=1S/C13H21N3S/c17-12-4-3-7-15-8-10-16(11-9-15)13-5-1-2-6-14-13/h1-2,5-6,17H,3-4,7-12H2. The van der Waals surface area contributed by atoms with Gasteiger partial charge in [0.1, 0.15) is 5.82 Å². The SMILES string of the molecule is SCCCCN1CCN(c2ccccn2)CC1. The summed E-state index contributed by atoms with van der Waals surface area (Å²) in [7, 11) is 0. The maximum atomic E-state index is 4.40. The van der Waals surface area contributed by atoms with E-state index in [1.165, 1.54) is 19.4 Å². The monoisotopic (exact) mass is 251 g/mol. The molecule has 17 heavy (non-hydrogen) atoms. The molecule has 1 aliphatic rings. The van der Waals surface area contributed by atoms with E-state index in [0.29, 0.717) is 0 Å². The molecule has 0 saturated carbocycles. The smallest absolute Gasteiger partial charge is 0.128 e. The van der Waals surface area contributed by atoms with E-state index < -0.39 is 0 Å². The minimum Gasteiger partial charge on any atom is -0.354 e. The van der Waals surface area contributed by atoms with Crippen LogP contribution >= 0.6 is 12.6 Å². The molecule has 1 aromatic rings. The highest BCUT2D eigenvalue weighted by Crippen LogP contribution is 2.12. The fourth-order valence-electron chi connectivity index (χ4n) is 2.19. The van der Waals surface area contributed by atoms with Crippen molar-refractivity contribution in [1.82, 2.24) is 9.88 Å². The van der Waals surface area contributed by atoms with Gasteiger partial charge < -0.3 is 4.90 Å². The molecule has 0 aliphatic carbocycles. The summed E-state index contributed by atoms with van der Waals surface area (Å²) in [6.45, 7) is 5.72. The van der Waals surface area contributed by atoms with Gasteiger partial charge in [-0.3, -0.25) is 4.90 Å². The van der Waals surface area contributed by atoms with Gasteiger partial charge in [-0.1, -0.05) is 6.07 Å². The third-order valence-corrected chi connectivity index (χ3v) is 3.54. The fourth-order valence-corrected chi connectivity index (χ4v) is 2.41. The van der Waals surface area contributed by atoms with Crippen molar-refractivity contribution >= 4 is 18.4 Å². The lowest BCUT2D eigenvalue weighted by atomic mass is 10.2. The lowest BCUT2D eigenvalue weighted by Gasteiger charge is -2.35. The summed E-state index contributed by atoms with van der Waals surface area (Å²) in [6, 6.07) is 6.12. The van der Waals surface area contributed by atoms with Crippen LogP contribution in [0, 0.1) is 0 Å². The number of nitrogens with zero attached hydrogens (tertiary/aromatic N) is 3. The van der Waals surface area contributed by atoms with E-state index in [1.54, 1.807) is 0 Å². The highest BCUT2D eigenvalue weighted by molar-refractivity contribution is 7.80. The van der Waals surface area contributed by atoms with Crippen molar-refractivity contribution in [2.75, 3.05) is 43.4 Å². The Morgan fingerprint density at radius 3 is 2.59 bits per heavy atom. The maximum Gasteiger partial charge on any atom is 0.128 e. The number of pyridine rings is 1. The van der Waals surface area contributed by atoms with Gasteiger partial charge in [-0.15, -0.1) is 0 Å². The molecule has 94 valence electrons. The van der Waals surface area contributed by atoms with Crippen LogP contribution in [0.3, 0.4) is 0 Å². The zero-order chi connectivity index (χ0) is 11.9. The van der Waals surface area contributed by atoms with Crippen LogP contribution in [-0.2, 0) is 0 Å². The number of thiol groups is 1. The van der Waals surface area contributed by atoms with Crippen LogP contribution in [0.2, 0.25) is 0 Å². The lowest BCUT2D eigenvalue weighted by Crippen LogP contribution is -2.46. The third kappa shape index (κ3) is 3.89. The number of piperazine rings is 1. The molecular formula is C13H21N3S. The second-order valence-corrected chi connectivity index (χ2v) is 4.89. The van der Waals surface area contributed by atoms with Crippen molar-refractivity contribution in [3.8, 4) is 0 Å². The van der Waals surface area contributed by atoms with Crippen LogP contribution in [0.1, 0.15) is 12.8 Å². The molecule has 0 spiro atoms. The first kappa shape index (κ1) is 12.7. The molecule has 1 aliphatic heterocycles. The maximum absolute atomic E-state index is 4.40. The number of aromatic nitrogens is 1. The van der Waals surface area contributed by atoms with Crippen LogP contribution in [-0.4, -0.2) is 48.4 Å². The van der Waals surface area contributed by atoms with Crippen LogP contribution in [0.5, 0.6) is 0 Å². The van der Waals surface area contributed by atoms with Crippen molar-refractivity contribution in [2.45, 2.75) is 12.8 Å². The summed E-state index contributed by atoms with van der Waals surface area (Å²) in [5, 5.41) is 0. The highest BCUT2D eigenvalue weighted by atomic mass is 32.1. The summed E-state index contributed by atoms with van der Waals surface area (Å²) < 4.78 is 0. The van der Waals surface area contributed by atoms with Crippen molar-refractivity contribution in [3.05, 3.63) is 24.4 Å². The molecule has 0 bridgehead atoms. The Kier molecular flexibility index (Phi) is 5.13. The van der Waals surface area contributed by atoms with Crippen LogP contribution in [0.25, 0.3) is 0 Å². The van der Waals surface area contributed by atoms with E-state index in [0.717, 1.165) is 37.7 Å². The average molecular weight is 251 g/mol. The summed E-state index contributed by atoms with van der Waals surface area (Å²) in [4.78, 5) is 9.31. The topological polar surface area (TPSA) is 19.4 Å². The molecule has 0 aromatic carbocycles. The fraction of sp³-hybridized carbons (Fsp3) is 0.615. The lowest BCUT2D eigenvalue weighted by molar-refractivity contribution is 0.254. The van der Waals surface area contributed by atoms with Crippen LogP contribution in [0.15, 0.2) is 24.4 Å². The minimum absolute atomic E-state index is 1.01. The van der Waals surface area contributed by atoms with Gasteiger partial charge in [0, 0.05) is 32.4 Å². The number of hydrogen-bond acceptors (Lipinski definition) is 4. The van der Waals surface area contributed by atoms with Gasteiger partial charge in [-0.05, 0) is 37.3 Å². The number of rotatable bonds is 5. The van der Waals surface area contributed by atoms with Gasteiger partial charge in [-0.2, -0.15) is 12.6 Å². The first-order valence-electron chi connectivity index (χ1n) is 6.39. The first-order valence-corrected chi connectivity index (χ1v) is 7.02. The van der Waals surface area contributed by atoms with Crippen molar-refractivity contribution < 1.29 is 0 Å². The Bertz CT molecular complexity index is 310. The predicted octanol–water partition coefficient (Wildman–Crippen LogP) is 1.91. The van der Waals surface area contributed by atoms with Crippen molar-refractivity contribution in [3.63, 3.8) is 0 Å². The molecule has 1 saturated heterocycles. The van der Waals surface area contributed by atoms with Gasteiger partial charge in [-0.25, -0.2) is 4.98 Å². The molecule has 2 heterocycles. The molecule has 0 atom stereocenters. The molecule has 0 N–H and O–H groups in total. The van der Waals surface area contributed by atoms with Gasteiger partial charge in [0.2, 0.25) is 0 Å². The Hall–Kier alpha value is -0.740. The molecule has 3 nitrogen and oxygen atoms in total. The van der Waals surface area contributed by atoms with Gasteiger partial charge in [0.25, 0.3) is 0 Å². The van der Waals surface area contributed by atoms with E-state index in [2.05, 4.69) is 39.5 Å². The summed E-state index contributed by atoms with van der Waals surface area (Å²) in [5.74, 6) is 2.12. The van der Waals surface area contributed by atoms with Crippen LogP contribution in [0.4, 0.5) is 5.82 Å². The van der Waals surface area contributed by atoms with Crippen LogP contribution < -0.4 is 4.90 Å². The number of anilines is 1. The Labute approximate surface area is 109 Å².